The van der Waals surface area contributed by atoms with Crippen molar-refractivity contribution in [3.8, 4) is 0 Å². The fourth-order valence-electron chi connectivity index (χ4n) is 4.11. The fourth-order valence-corrected chi connectivity index (χ4v) is 6.11. The van der Waals surface area contributed by atoms with Crippen LogP contribution in [-0.4, -0.2) is 43.8 Å². The van der Waals surface area contributed by atoms with Crippen molar-refractivity contribution < 1.29 is 8.42 Å². The molecule has 0 bridgehead atoms. The third kappa shape index (κ3) is 4.65. The van der Waals surface area contributed by atoms with Crippen molar-refractivity contribution in [1.82, 2.24) is 9.21 Å². The summed E-state index contributed by atoms with van der Waals surface area (Å²) in [5.74, 6) is 0. The molecule has 0 aromatic heterocycles. The van der Waals surface area contributed by atoms with Gasteiger partial charge in [0.1, 0.15) is 0 Å². The lowest BCUT2D eigenvalue weighted by Crippen LogP contribution is -2.48. The van der Waals surface area contributed by atoms with Gasteiger partial charge in [-0.1, -0.05) is 80.9 Å². The quantitative estimate of drug-likeness (QED) is 0.535. The first kappa shape index (κ1) is 22.3. The average molecular weight is 457 g/mol. The van der Waals surface area contributed by atoms with Gasteiger partial charge >= 0.3 is 0 Å². The third-order valence-corrected chi connectivity index (χ3v) is 8.25. The molecular formula is C25H29ClN2O2S. The van der Waals surface area contributed by atoms with Crippen molar-refractivity contribution in [2.45, 2.75) is 37.6 Å². The minimum absolute atomic E-state index is 0.142. The lowest BCUT2D eigenvalue weighted by molar-refractivity contribution is 0.181. The van der Waals surface area contributed by atoms with E-state index in [0.717, 1.165) is 11.9 Å². The molecule has 1 aliphatic heterocycles. The third-order valence-electron chi connectivity index (χ3n) is 5.99. The summed E-state index contributed by atoms with van der Waals surface area (Å²) in [5.41, 5.74) is 2.72. The molecule has 0 saturated carbocycles. The molecule has 0 N–H and O–H groups in total. The van der Waals surface area contributed by atoms with E-state index < -0.39 is 10.0 Å². The second kappa shape index (κ2) is 8.55. The number of benzene rings is 3. The lowest BCUT2D eigenvalue weighted by Gasteiger charge is -2.34. The van der Waals surface area contributed by atoms with E-state index >= 15 is 0 Å². The van der Waals surface area contributed by atoms with Crippen molar-refractivity contribution in [2.75, 3.05) is 26.2 Å². The van der Waals surface area contributed by atoms with Gasteiger partial charge in [-0.3, -0.25) is 4.90 Å². The molecule has 0 atom stereocenters. The number of rotatable bonds is 4. The minimum atomic E-state index is -3.61. The molecule has 0 aliphatic carbocycles. The van der Waals surface area contributed by atoms with Crippen LogP contribution >= 0.6 is 11.6 Å². The fraction of sp³-hybridized carbons (Fsp3) is 0.360. The van der Waals surface area contributed by atoms with E-state index in [0.29, 0.717) is 41.5 Å². The van der Waals surface area contributed by atoms with Gasteiger partial charge in [-0.05, 0) is 34.1 Å². The van der Waals surface area contributed by atoms with E-state index in [9.17, 15) is 8.42 Å². The van der Waals surface area contributed by atoms with Gasteiger partial charge in [-0.15, -0.1) is 0 Å². The molecule has 164 valence electrons. The molecule has 1 saturated heterocycles. The van der Waals surface area contributed by atoms with Gasteiger partial charge in [-0.2, -0.15) is 4.31 Å². The molecule has 4 rings (SSSR count). The molecule has 4 nitrogen and oxygen atoms in total. The highest BCUT2D eigenvalue weighted by atomic mass is 35.5. The van der Waals surface area contributed by atoms with Crippen molar-refractivity contribution >= 4 is 32.4 Å². The van der Waals surface area contributed by atoms with E-state index in [-0.39, 0.29) is 5.41 Å². The second-order valence-corrected chi connectivity index (χ2v) is 11.5. The summed E-state index contributed by atoms with van der Waals surface area (Å²) < 4.78 is 28.4. The minimum Gasteiger partial charge on any atom is -0.296 e. The Morgan fingerprint density at radius 2 is 1.48 bits per heavy atom. The lowest BCUT2D eigenvalue weighted by atomic mass is 9.87. The summed E-state index contributed by atoms with van der Waals surface area (Å²) in [6.45, 7) is 9.84. The summed E-state index contributed by atoms with van der Waals surface area (Å²) in [5, 5.41) is 1.91. The number of halogens is 1. The first-order valence-corrected chi connectivity index (χ1v) is 12.5. The van der Waals surface area contributed by atoms with Crippen LogP contribution in [0.25, 0.3) is 10.8 Å². The molecule has 1 heterocycles. The number of hydrogen-bond donors (Lipinski definition) is 0. The van der Waals surface area contributed by atoms with E-state index in [4.69, 9.17) is 11.6 Å². The first-order valence-electron chi connectivity index (χ1n) is 10.7. The number of sulfonamides is 1. The zero-order chi connectivity index (χ0) is 22.2. The topological polar surface area (TPSA) is 40.6 Å². The Labute approximate surface area is 190 Å². The molecule has 0 radical (unpaired) electrons. The van der Waals surface area contributed by atoms with E-state index in [1.807, 2.05) is 18.2 Å². The maximum absolute atomic E-state index is 13.4. The van der Waals surface area contributed by atoms with Crippen LogP contribution in [0.5, 0.6) is 0 Å². The Morgan fingerprint density at radius 1 is 0.871 bits per heavy atom. The summed E-state index contributed by atoms with van der Waals surface area (Å²) in [7, 11) is -3.61. The predicted molar refractivity (Wildman–Crippen MR) is 128 cm³/mol. The number of nitrogens with zero attached hydrogens (tertiary/aromatic N) is 2. The van der Waals surface area contributed by atoms with Gasteiger partial charge in [-0.25, -0.2) is 8.42 Å². The van der Waals surface area contributed by atoms with Gasteiger partial charge < -0.3 is 0 Å². The predicted octanol–water partition coefficient (Wildman–Crippen LogP) is 5.30. The maximum atomic E-state index is 13.4. The van der Waals surface area contributed by atoms with E-state index in [1.165, 1.54) is 11.1 Å². The molecular weight excluding hydrogens is 428 g/mol. The molecule has 3 aromatic carbocycles. The zero-order valence-electron chi connectivity index (χ0n) is 18.3. The van der Waals surface area contributed by atoms with Crippen LogP contribution in [0.2, 0.25) is 5.02 Å². The van der Waals surface area contributed by atoms with E-state index in [2.05, 4.69) is 49.9 Å². The van der Waals surface area contributed by atoms with Gasteiger partial charge in [0.15, 0.2) is 0 Å². The Morgan fingerprint density at radius 3 is 2.10 bits per heavy atom. The molecule has 1 aliphatic rings. The summed E-state index contributed by atoms with van der Waals surface area (Å²) in [6.07, 6.45) is 0. The molecule has 1 fully saturated rings. The van der Waals surface area contributed by atoms with E-state index in [1.54, 1.807) is 22.5 Å². The van der Waals surface area contributed by atoms with Crippen molar-refractivity contribution in [3.63, 3.8) is 0 Å². The average Bonchev–Trinajstić information content (AvgIpc) is 2.74. The Kier molecular flexibility index (Phi) is 6.14. The van der Waals surface area contributed by atoms with Gasteiger partial charge in [0, 0.05) is 43.1 Å². The highest BCUT2D eigenvalue weighted by molar-refractivity contribution is 7.89. The van der Waals surface area contributed by atoms with Crippen LogP contribution in [0, 0.1) is 0 Å². The summed E-state index contributed by atoms with van der Waals surface area (Å²) in [6, 6.07) is 19.6. The van der Waals surface area contributed by atoms with Crippen LogP contribution < -0.4 is 0 Å². The zero-order valence-corrected chi connectivity index (χ0v) is 19.9. The van der Waals surface area contributed by atoms with Crippen LogP contribution in [0.1, 0.15) is 31.9 Å². The molecule has 0 amide bonds. The number of hydrogen-bond acceptors (Lipinski definition) is 3. The largest absolute Gasteiger partial charge is 0.296 e. The Balaban J connectivity index is 1.46. The van der Waals surface area contributed by atoms with Crippen molar-refractivity contribution in [3.05, 3.63) is 76.8 Å². The second-order valence-electron chi connectivity index (χ2n) is 9.22. The molecule has 31 heavy (non-hydrogen) atoms. The smallest absolute Gasteiger partial charge is 0.243 e. The van der Waals surface area contributed by atoms with Gasteiger partial charge in [0.05, 0.1) is 4.90 Å². The van der Waals surface area contributed by atoms with Crippen LogP contribution in [0.4, 0.5) is 0 Å². The van der Waals surface area contributed by atoms with Crippen molar-refractivity contribution in [2.24, 2.45) is 0 Å². The monoisotopic (exact) mass is 456 g/mol. The Hall–Kier alpha value is -1.92. The maximum Gasteiger partial charge on any atom is 0.243 e. The molecule has 0 spiro atoms. The summed E-state index contributed by atoms with van der Waals surface area (Å²) in [4.78, 5) is 2.61. The molecule has 3 aromatic rings. The number of fused-ring (bicyclic) bond motifs is 1. The highest BCUT2D eigenvalue weighted by Crippen LogP contribution is 2.32. The molecule has 0 unspecified atom stereocenters. The van der Waals surface area contributed by atoms with Crippen LogP contribution in [0.15, 0.2) is 65.6 Å². The number of piperazine rings is 1. The van der Waals surface area contributed by atoms with Crippen molar-refractivity contribution in [1.29, 1.82) is 0 Å². The van der Waals surface area contributed by atoms with Crippen LogP contribution in [0.3, 0.4) is 0 Å². The normalized spacial score (nSPS) is 16.6. The Bertz CT molecular complexity index is 1170. The SMILES string of the molecule is CC(C)(C)c1ccc(CN2CCN(S(=O)(=O)c3cccc4cccc(Cl)c34)CC2)cc1. The van der Waals surface area contributed by atoms with Gasteiger partial charge in [0.2, 0.25) is 10.0 Å². The van der Waals surface area contributed by atoms with Crippen LogP contribution in [-0.2, 0) is 22.0 Å². The van der Waals surface area contributed by atoms with Gasteiger partial charge in [0.25, 0.3) is 0 Å². The standard InChI is InChI=1S/C25H29ClN2O2S/c1-25(2,3)21-12-10-19(11-13-21)18-27-14-16-28(17-15-27)31(29,30)23-9-5-7-20-6-4-8-22(26)24(20)23/h4-13H,14-18H2,1-3H3. The molecule has 6 heteroatoms. The first-order chi connectivity index (χ1) is 14.7. The summed E-state index contributed by atoms with van der Waals surface area (Å²) >= 11 is 6.37. The highest BCUT2D eigenvalue weighted by Gasteiger charge is 2.30.